The van der Waals surface area contributed by atoms with E-state index in [0.717, 1.165) is 38.9 Å². The Labute approximate surface area is 299 Å². The van der Waals surface area contributed by atoms with E-state index in [4.69, 9.17) is 9.97 Å². The first kappa shape index (κ1) is 28.8. The first-order valence-electron chi connectivity index (χ1n) is 17.7. The van der Waals surface area contributed by atoms with Crippen LogP contribution in [0.3, 0.4) is 0 Å². The van der Waals surface area contributed by atoms with Crippen molar-refractivity contribution in [3.8, 4) is 34.0 Å². The molecule has 0 N–H and O–H groups in total. The molecule has 4 heteroatoms. The molecule has 4 nitrogen and oxygen atoms in total. The van der Waals surface area contributed by atoms with E-state index in [1.54, 1.807) is 0 Å². The summed E-state index contributed by atoms with van der Waals surface area (Å²) in [5, 5.41) is 8.28. The first-order chi connectivity index (χ1) is 25.8. The van der Waals surface area contributed by atoms with Gasteiger partial charge < -0.3 is 4.57 Å². The van der Waals surface area contributed by atoms with Gasteiger partial charge in [-0.1, -0.05) is 127 Å². The molecule has 0 saturated carbocycles. The summed E-state index contributed by atoms with van der Waals surface area (Å²) >= 11 is 0. The van der Waals surface area contributed by atoms with Crippen LogP contribution in [0.25, 0.3) is 99.3 Å². The minimum atomic E-state index is 0.662. The molecule has 0 aliphatic rings. The maximum absolute atomic E-state index is 5.34. The highest BCUT2D eigenvalue weighted by Crippen LogP contribution is 2.39. The van der Waals surface area contributed by atoms with Crippen molar-refractivity contribution in [3.05, 3.63) is 182 Å². The van der Waals surface area contributed by atoms with Crippen LogP contribution in [0.4, 0.5) is 0 Å². The molecule has 8 aromatic carbocycles. The van der Waals surface area contributed by atoms with Gasteiger partial charge in [0.15, 0.2) is 0 Å². The van der Waals surface area contributed by atoms with E-state index in [2.05, 4.69) is 191 Å². The Morgan fingerprint density at radius 2 is 0.923 bits per heavy atom. The van der Waals surface area contributed by atoms with Crippen molar-refractivity contribution in [1.82, 2.24) is 19.1 Å². The van der Waals surface area contributed by atoms with Gasteiger partial charge in [-0.2, -0.15) is 0 Å². The zero-order valence-electron chi connectivity index (χ0n) is 28.1. The average molecular weight is 663 g/mol. The molecule has 0 radical (unpaired) electrons. The molecule has 0 fully saturated rings. The van der Waals surface area contributed by atoms with Gasteiger partial charge in [-0.15, -0.1) is 0 Å². The van der Waals surface area contributed by atoms with Crippen molar-refractivity contribution < 1.29 is 0 Å². The van der Waals surface area contributed by atoms with E-state index < -0.39 is 0 Å². The van der Waals surface area contributed by atoms with E-state index in [9.17, 15) is 0 Å². The van der Waals surface area contributed by atoms with Gasteiger partial charge in [0, 0.05) is 38.2 Å². The van der Waals surface area contributed by atoms with Gasteiger partial charge in [-0.05, 0) is 76.5 Å². The number of aromatic nitrogens is 4. The molecule has 0 saturated heterocycles. The second-order valence-electron chi connectivity index (χ2n) is 13.5. The lowest BCUT2D eigenvalue weighted by Crippen LogP contribution is -2.03. The topological polar surface area (TPSA) is 35.6 Å². The molecular weight excluding hydrogens is 633 g/mol. The Bertz CT molecular complexity index is 3190. The summed E-state index contributed by atoms with van der Waals surface area (Å²) in [4.78, 5) is 10.5. The Hall–Kier alpha value is -7.04. The van der Waals surface area contributed by atoms with Gasteiger partial charge in [0.1, 0.15) is 0 Å². The Balaban J connectivity index is 1.12. The fourth-order valence-corrected chi connectivity index (χ4v) is 8.09. The maximum atomic E-state index is 5.34. The van der Waals surface area contributed by atoms with Crippen molar-refractivity contribution in [1.29, 1.82) is 0 Å². The third kappa shape index (κ3) is 4.34. The molecule has 0 aliphatic carbocycles. The SMILES string of the molecule is c1ccc(-n2c3ccccc3c3ccc(-c4ccc5c(c4)c4ccccc4n5-c4nc(-c5ccc6ccccc6c5)c5ccccc5n4)cc32)cc1. The highest BCUT2D eigenvalue weighted by atomic mass is 15.2. The van der Waals surface area contributed by atoms with Crippen molar-refractivity contribution in [2.45, 2.75) is 0 Å². The molecule has 0 bridgehead atoms. The molecule has 0 aliphatic heterocycles. The number of rotatable bonds is 4. The zero-order chi connectivity index (χ0) is 34.2. The van der Waals surface area contributed by atoms with E-state index in [-0.39, 0.29) is 0 Å². The van der Waals surface area contributed by atoms with Gasteiger partial charge in [0.05, 0.1) is 33.3 Å². The summed E-state index contributed by atoms with van der Waals surface area (Å²) in [6, 6.07) is 65.0. The molecule has 0 atom stereocenters. The molecule has 11 aromatic rings. The monoisotopic (exact) mass is 662 g/mol. The Morgan fingerprint density at radius 1 is 0.327 bits per heavy atom. The predicted molar refractivity (Wildman–Crippen MR) is 217 cm³/mol. The third-order valence-corrected chi connectivity index (χ3v) is 10.5. The normalized spacial score (nSPS) is 11.8. The van der Waals surface area contributed by atoms with E-state index in [1.807, 2.05) is 0 Å². The van der Waals surface area contributed by atoms with Crippen molar-refractivity contribution in [3.63, 3.8) is 0 Å². The highest BCUT2D eigenvalue weighted by molar-refractivity contribution is 6.12. The van der Waals surface area contributed by atoms with Crippen LogP contribution in [-0.4, -0.2) is 19.1 Å². The predicted octanol–water partition coefficient (Wildman–Crippen LogP) is 12.3. The number of benzene rings is 8. The van der Waals surface area contributed by atoms with E-state index >= 15 is 0 Å². The quantitative estimate of drug-likeness (QED) is 0.188. The molecular formula is C48H30N4. The Kier molecular flexibility index (Phi) is 6.22. The lowest BCUT2D eigenvalue weighted by molar-refractivity contribution is 1.01. The summed E-state index contributed by atoms with van der Waals surface area (Å²) in [5.41, 5.74) is 11.0. The minimum absolute atomic E-state index is 0.662. The molecule has 52 heavy (non-hydrogen) atoms. The van der Waals surface area contributed by atoms with E-state index in [0.29, 0.717) is 5.95 Å². The summed E-state index contributed by atoms with van der Waals surface area (Å²) in [5.74, 6) is 0.662. The van der Waals surface area contributed by atoms with Crippen LogP contribution in [0.15, 0.2) is 182 Å². The fourth-order valence-electron chi connectivity index (χ4n) is 8.09. The highest BCUT2D eigenvalue weighted by Gasteiger charge is 2.19. The second-order valence-corrected chi connectivity index (χ2v) is 13.5. The first-order valence-corrected chi connectivity index (χ1v) is 17.7. The number of hydrogen-bond donors (Lipinski definition) is 0. The van der Waals surface area contributed by atoms with Crippen LogP contribution < -0.4 is 0 Å². The molecule has 0 amide bonds. The van der Waals surface area contributed by atoms with Crippen LogP contribution in [0.1, 0.15) is 0 Å². The number of hydrogen-bond acceptors (Lipinski definition) is 2. The van der Waals surface area contributed by atoms with Gasteiger partial charge in [0.25, 0.3) is 0 Å². The van der Waals surface area contributed by atoms with Crippen molar-refractivity contribution in [2.24, 2.45) is 0 Å². The summed E-state index contributed by atoms with van der Waals surface area (Å²) in [7, 11) is 0. The minimum Gasteiger partial charge on any atom is -0.309 e. The maximum Gasteiger partial charge on any atom is 0.235 e. The summed E-state index contributed by atoms with van der Waals surface area (Å²) in [6.07, 6.45) is 0. The van der Waals surface area contributed by atoms with Crippen LogP contribution in [0.5, 0.6) is 0 Å². The van der Waals surface area contributed by atoms with Gasteiger partial charge in [-0.25, -0.2) is 9.97 Å². The van der Waals surface area contributed by atoms with Gasteiger partial charge in [0.2, 0.25) is 5.95 Å². The largest absolute Gasteiger partial charge is 0.309 e. The lowest BCUT2D eigenvalue weighted by atomic mass is 10.0. The van der Waals surface area contributed by atoms with Gasteiger partial charge >= 0.3 is 0 Å². The molecule has 3 aromatic heterocycles. The molecule has 3 heterocycles. The fraction of sp³-hybridized carbons (Fsp3) is 0. The summed E-state index contributed by atoms with van der Waals surface area (Å²) < 4.78 is 4.60. The van der Waals surface area contributed by atoms with E-state index in [1.165, 1.54) is 54.5 Å². The number of fused-ring (bicyclic) bond motifs is 8. The van der Waals surface area contributed by atoms with Crippen LogP contribution >= 0.6 is 0 Å². The average Bonchev–Trinajstić information content (AvgIpc) is 3.73. The zero-order valence-corrected chi connectivity index (χ0v) is 28.1. The van der Waals surface area contributed by atoms with Crippen LogP contribution in [-0.2, 0) is 0 Å². The standard InChI is InChI=1S/C48H30N4/c1-2-14-36(15-3-1)51-43-20-10-7-16-37(43)39-26-24-34(30-46(39)51)33-25-27-45-41(29-33)38-17-8-11-21-44(38)52(45)48-49-42-19-9-6-18-40(42)47(50-48)35-23-22-31-12-4-5-13-32(31)28-35/h1-30H. The molecule has 0 unspecified atom stereocenters. The lowest BCUT2D eigenvalue weighted by Gasteiger charge is -2.12. The molecule has 11 rings (SSSR count). The Morgan fingerprint density at radius 3 is 1.77 bits per heavy atom. The van der Waals surface area contributed by atoms with Gasteiger partial charge in [-0.3, -0.25) is 4.57 Å². The molecule has 242 valence electrons. The number of para-hydroxylation sites is 4. The van der Waals surface area contributed by atoms with Crippen molar-refractivity contribution in [2.75, 3.05) is 0 Å². The third-order valence-electron chi connectivity index (χ3n) is 10.5. The van der Waals surface area contributed by atoms with Crippen molar-refractivity contribution >= 4 is 65.3 Å². The van der Waals surface area contributed by atoms with Crippen LogP contribution in [0.2, 0.25) is 0 Å². The molecule has 0 spiro atoms. The second kappa shape index (κ2) is 11.2. The summed E-state index contributed by atoms with van der Waals surface area (Å²) in [6.45, 7) is 0. The smallest absolute Gasteiger partial charge is 0.235 e. The van der Waals surface area contributed by atoms with Crippen LogP contribution in [0, 0.1) is 0 Å². The number of nitrogens with zero attached hydrogens (tertiary/aromatic N) is 4.